The first-order valence-electron chi connectivity index (χ1n) is 5.68. The first-order valence-corrected chi connectivity index (χ1v) is 5.68. The first kappa shape index (κ1) is 12.6. The van der Waals surface area contributed by atoms with Gasteiger partial charge in [-0.3, -0.25) is 4.98 Å². The van der Waals surface area contributed by atoms with Crippen LogP contribution >= 0.6 is 0 Å². The third-order valence-electron chi connectivity index (χ3n) is 2.77. The molecule has 2 rings (SSSR count). The highest BCUT2D eigenvalue weighted by Gasteiger charge is 2.12. The fourth-order valence-electron chi connectivity index (χ4n) is 1.79. The van der Waals surface area contributed by atoms with Crippen molar-refractivity contribution in [2.45, 2.75) is 19.4 Å². The van der Waals surface area contributed by atoms with Crippen LogP contribution in [0.3, 0.4) is 0 Å². The number of hydrogen-bond acceptors (Lipinski definition) is 2. The van der Waals surface area contributed by atoms with Crippen LogP contribution in [0.1, 0.15) is 22.9 Å². The number of hydrogen-bond donors (Lipinski definition) is 1. The standard InChI is InChI=1S/C14H14F2N2/c1-9-4-5-18-14(6-9)13(17)7-10-2-3-11(15)8-12(10)16/h2-6,8,13H,7,17H2,1H3. The molecule has 0 spiro atoms. The minimum atomic E-state index is -0.585. The molecule has 1 aromatic heterocycles. The summed E-state index contributed by atoms with van der Waals surface area (Å²) < 4.78 is 26.3. The summed E-state index contributed by atoms with van der Waals surface area (Å²) in [6.45, 7) is 1.94. The summed E-state index contributed by atoms with van der Waals surface area (Å²) in [6.07, 6.45) is 1.97. The van der Waals surface area contributed by atoms with Crippen molar-refractivity contribution < 1.29 is 8.78 Å². The number of halogens is 2. The second-order valence-electron chi connectivity index (χ2n) is 4.30. The van der Waals surface area contributed by atoms with Gasteiger partial charge < -0.3 is 5.73 Å². The van der Waals surface area contributed by atoms with E-state index in [0.29, 0.717) is 17.7 Å². The van der Waals surface area contributed by atoms with Crippen molar-refractivity contribution in [1.29, 1.82) is 0 Å². The van der Waals surface area contributed by atoms with Gasteiger partial charge in [-0.1, -0.05) is 6.07 Å². The fourth-order valence-corrected chi connectivity index (χ4v) is 1.79. The molecule has 0 aliphatic heterocycles. The molecular formula is C14H14F2N2. The Bertz CT molecular complexity index is 555. The van der Waals surface area contributed by atoms with Crippen molar-refractivity contribution in [2.75, 3.05) is 0 Å². The van der Waals surface area contributed by atoms with Crippen molar-refractivity contribution in [3.8, 4) is 0 Å². The van der Waals surface area contributed by atoms with Gasteiger partial charge >= 0.3 is 0 Å². The zero-order valence-corrected chi connectivity index (χ0v) is 10.0. The van der Waals surface area contributed by atoms with E-state index >= 15 is 0 Å². The van der Waals surface area contributed by atoms with Gasteiger partial charge in [0.25, 0.3) is 0 Å². The normalized spacial score (nSPS) is 12.4. The lowest BCUT2D eigenvalue weighted by atomic mass is 10.0. The van der Waals surface area contributed by atoms with Crippen LogP contribution in [-0.4, -0.2) is 4.98 Å². The molecular weight excluding hydrogens is 234 g/mol. The second-order valence-corrected chi connectivity index (χ2v) is 4.30. The van der Waals surface area contributed by atoms with Gasteiger partial charge in [-0.2, -0.15) is 0 Å². The highest BCUT2D eigenvalue weighted by molar-refractivity contribution is 5.23. The predicted octanol–water partition coefficient (Wildman–Crippen LogP) is 2.91. The number of rotatable bonds is 3. The van der Waals surface area contributed by atoms with Crippen molar-refractivity contribution in [3.63, 3.8) is 0 Å². The Kier molecular flexibility index (Phi) is 3.67. The summed E-state index contributed by atoms with van der Waals surface area (Å²) in [4.78, 5) is 4.16. The first-order chi connectivity index (χ1) is 8.56. The Morgan fingerprint density at radius 2 is 2.00 bits per heavy atom. The Hall–Kier alpha value is -1.81. The summed E-state index contributed by atoms with van der Waals surface area (Å²) in [5, 5.41) is 0. The molecule has 94 valence electrons. The molecule has 1 atom stereocenters. The van der Waals surface area contributed by atoms with Gasteiger partial charge in [0.15, 0.2) is 0 Å². The largest absolute Gasteiger partial charge is 0.322 e. The Balaban J connectivity index is 2.18. The monoisotopic (exact) mass is 248 g/mol. The molecule has 1 aromatic carbocycles. The molecule has 0 amide bonds. The number of nitrogens with zero attached hydrogens (tertiary/aromatic N) is 1. The average molecular weight is 248 g/mol. The van der Waals surface area contributed by atoms with Crippen LogP contribution in [0.25, 0.3) is 0 Å². The zero-order valence-electron chi connectivity index (χ0n) is 10.0. The van der Waals surface area contributed by atoms with E-state index in [2.05, 4.69) is 4.98 Å². The van der Waals surface area contributed by atoms with E-state index in [9.17, 15) is 8.78 Å². The summed E-state index contributed by atoms with van der Waals surface area (Å²) in [7, 11) is 0. The van der Waals surface area contributed by atoms with Crippen LogP contribution in [0.4, 0.5) is 8.78 Å². The maximum atomic E-state index is 13.5. The van der Waals surface area contributed by atoms with E-state index < -0.39 is 17.7 Å². The van der Waals surface area contributed by atoms with Crippen molar-refractivity contribution in [2.24, 2.45) is 5.73 Å². The van der Waals surface area contributed by atoms with Gasteiger partial charge in [0.05, 0.1) is 11.7 Å². The highest BCUT2D eigenvalue weighted by atomic mass is 19.1. The van der Waals surface area contributed by atoms with E-state index in [0.717, 1.165) is 11.6 Å². The number of aryl methyl sites for hydroxylation is 1. The molecule has 1 heterocycles. The van der Waals surface area contributed by atoms with Gasteiger partial charge in [-0.25, -0.2) is 8.78 Å². The maximum Gasteiger partial charge on any atom is 0.129 e. The van der Waals surface area contributed by atoms with Crippen LogP contribution in [0.2, 0.25) is 0 Å². The fraction of sp³-hybridized carbons (Fsp3) is 0.214. The Morgan fingerprint density at radius 3 is 2.67 bits per heavy atom. The Labute approximate surface area is 104 Å². The lowest BCUT2D eigenvalue weighted by molar-refractivity contribution is 0.561. The highest BCUT2D eigenvalue weighted by Crippen LogP contribution is 2.18. The van der Waals surface area contributed by atoms with Gasteiger partial charge in [0.2, 0.25) is 0 Å². The average Bonchev–Trinajstić information content (AvgIpc) is 2.32. The zero-order chi connectivity index (χ0) is 13.1. The topological polar surface area (TPSA) is 38.9 Å². The number of aromatic nitrogens is 1. The number of benzene rings is 1. The third-order valence-corrected chi connectivity index (χ3v) is 2.77. The molecule has 2 N–H and O–H groups in total. The summed E-state index contributed by atoms with van der Waals surface area (Å²) in [5.74, 6) is -1.16. The number of nitrogens with two attached hydrogens (primary N) is 1. The van der Waals surface area contributed by atoms with E-state index in [4.69, 9.17) is 5.73 Å². The minimum Gasteiger partial charge on any atom is -0.322 e. The lowest BCUT2D eigenvalue weighted by Gasteiger charge is -2.12. The molecule has 0 aliphatic carbocycles. The Morgan fingerprint density at radius 1 is 1.22 bits per heavy atom. The van der Waals surface area contributed by atoms with Gasteiger partial charge in [-0.15, -0.1) is 0 Å². The van der Waals surface area contributed by atoms with Crippen LogP contribution in [0, 0.1) is 18.6 Å². The van der Waals surface area contributed by atoms with Gasteiger partial charge in [0.1, 0.15) is 11.6 Å². The third kappa shape index (κ3) is 2.90. The van der Waals surface area contributed by atoms with E-state index in [1.54, 1.807) is 6.20 Å². The van der Waals surface area contributed by atoms with Gasteiger partial charge in [0, 0.05) is 12.3 Å². The molecule has 0 radical (unpaired) electrons. The SMILES string of the molecule is Cc1ccnc(C(N)Cc2ccc(F)cc2F)c1. The molecule has 4 heteroatoms. The molecule has 0 fully saturated rings. The van der Waals surface area contributed by atoms with Crippen LogP contribution in [0.15, 0.2) is 36.5 Å². The van der Waals surface area contributed by atoms with E-state index in [1.807, 2.05) is 19.1 Å². The minimum absolute atomic E-state index is 0.294. The molecule has 0 saturated carbocycles. The van der Waals surface area contributed by atoms with E-state index in [1.165, 1.54) is 12.1 Å². The van der Waals surface area contributed by atoms with Crippen LogP contribution in [-0.2, 0) is 6.42 Å². The van der Waals surface area contributed by atoms with E-state index in [-0.39, 0.29) is 0 Å². The van der Waals surface area contributed by atoms with Crippen LogP contribution < -0.4 is 5.73 Å². The smallest absolute Gasteiger partial charge is 0.129 e. The maximum absolute atomic E-state index is 13.5. The van der Waals surface area contributed by atoms with Crippen LogP contribution in [0.5, 0.6) is 0 Å². The molecule has 0 bridgehead atoms. The second kappa shape index (κ2) is 5.23. The molecule has 0 aliphatic rings. The van der Waals surface area contributed by atoms with Gasteiger partial charge in [-0.05, 0) is 42.7 Å². The predicted molar refractivity (Wildman–Crippen MR) is 66.0 cm³/mol. The summed E-state index contributed by atoms with van der Waals surface area (Å²) in [6, 6.07) is 6.85. The molecule has 2 aromatic rings. The molecule has 2 nitrogen and oxygen atoms in total. The quantitative estimate of drug-likeness (QED) is 0.907. The lowest BCUT2D eigenvalue weighted by Crippen LogP contribution is -2.15. The molecule has 18 heavy (non-hydrogen) atoms. The summed E-state index contributed by atoms with van der Waals surface area (Å²) in [5.41, 5.74) is 8.13. The van der Waals surface area contributed by atoms with Crippen molar-refractivity contribution >= 4 is 0 Å². The van der Waals surface area contributed by atoms with Crippen molar-refractivity contribution in [1.82, 2.24) is 4.98 Å². The molecule has 0 saturated heterocycles. The van der Waals surface area contributed by atoms with Crippen molar-refractivity contribution in [3.05, 3.63) is 65.0 Å². The molecule has 1 unspecified atom stereocenters. The number of pyridine rings is 1. The summed E-state index contributed by atoms with van der Waals surface area (Å²) >= 11 is 0.